The average molecular weight is 467 g/mol. The van der Waals surface area contributed by atoms with Gasteiger partial charge < -0.3 is 15.0 Å². The van der Waals surface area contributed by atoms with Crippen LogP contribution in [0.25, 0.3) is 0 Å². The van der Waals surface area contributed by atoms with Crippen LogP contribution in [-0.4, -0.2) is 56.4 Å². The second-order valence-electron chi connectivity index (χ2n) is 7.47. The Kier molecular flexibility index (Phi) is 6.11. The Morgan fingerprint density at radius 3 is 2.28 bits per heavy atom. The molecule has 32 heavy (non-hydrogen) atoms. The van der Waals surface area contributed by atoms with Crippen molar-refractivity contribution in [2.24, 2.45) is 0 Å². The molecule has 170 valence electrons. The molecule has 2 aliphatic heterocycles. The third-order valence-corrected chi connectivity index (χ3v) is 7.11. The number of carbonyl (C=O) groups is 1. The number of benzene rings is 2. The minimum atomic E-state index is -3.82. The summed E-state index contributed by atoms with van der Waals surface area (Å²) in [6.45, 7) is -1.89. The lowest BCUT2D eigenvalue weighted by molar-refractivity contribution is -0.0498. The van der Waals surface area contributed by atoms with Crippen LogP contribution in [0.4, 0.5) is 18.0 Å². The van der Waals surface area contributed by atoms with Crippen LogP contribution in [0.5, 0.6) is 5.75 Å². The summed E-state index contributed by atoms with van der Waals surface area (Å²) in [7, 11) is -3.82. The maximum atomic E-state index is 13.3. The van der Waals surface area contributed by atoms with Crippen molar-refractivity contribution in [1.29, 1.82) is 0 Å². The highest BCUT2D eigenvalue weighted by Gasteiger charge is 2.37. The van der Waals surface area contributed by atoms with Crippen molar-refractivity contribution in [2.45, 2.75) is 18.1 Å². The Balaban J connectivity index is 1.32. The fourth-order valence-electron chi connectivity index (χ4n) is 3.74. The molecular formula is C21H20F3N3O4S. The van der Waals surface area contributed by atoms with Gasteiger partial charge in [-0.3, -0.25) is 0 Å². The zero-order valence-corrected chi connectivity index (χ0v) is 17.6. The van der Waals surface area contributed by atoms with Crippen molar-refractivity contribution in [2.75, 3.05) is 26.2 Å². The van der Waals surface area contributed by atoms with Crippen LogP contribution < -0.4 is 10.1 Å². The topological polar surface area (TPSA) is 79.0 Å². The number of halogens is 3. The summed E-state index contributed by atoms with van der Waals surface area (Å²) in [5.74, 6) is -0.503. The predicted octanol–water partition coefficient (Wildman–Crippen LogP) is 2.95. The summed E-state index contributed by atoms with van der Waals surface area (Å²) in [4.78, 5) is 14.0. The van der Waals surface area contributed by atoms with Gasteiger partial charge in [0, 0.05) is 32.7 Å². The van der Waals surface area contributed by atoms with E-state index in [1.165, 1.54) is 40.7 Å². The molecule has 0 bridgehead atoms. The van der Waals surface area contributed by atoms with E-state index >= 15 is 0 Å². The molecule has 2 aromatic carbocycles. The average Bonchev–Trinajstić information content (AvgIpc) is 3.32. The lowest BCUT2D eigenvalue weighted by Gasteiger charge is -2.23. The fraction of sp³-hybridized carbons (Fsp3) is 0.286. The van der Waals surface area contributed by atoms with Crippen LogP contribution >= 0.6 is 0 Å². The molecule has 2 heterocycles. The molecular weight excluding hydrogens is 447 g/mol. The predicted molar refractivity (Wildman–Crippen MR) is 109 cm³/mol. The molecule has 2 aliphatic rings. The molecule has 2 aromatic rings. The van der Waals surface area contributed by atoms with E-state index in [0.717, 1.165) is 11.1 Å². The van der Waals surface area contributed by atoms with Gasteiger partial charge in [0.2, 0.25) is 10.0 Å². The molecule has 0 saturated heterocycles. The maximum Gasteiger partial charge on any atom is 0.387 e. The first-order valence-corrected chi connectivity index (χ1v) is 11.2. The van der Waals surface area contributed by atoms with Crippen molar-refractivity contribution >= 4 is 16.1 Å². The van der Waals surface area contributed by atoms with Crippen LogP contribution in [0.15, 0.2) is 64.6 Å². The van der Waals surface area contributed by atoms with E-state index in [1.807, 2.05) is 0 Å². The highest BCUT2D eigenvalue weighted by molar-refractivity contribution is 7.89. The van der Waals surface area contributed by atoms with Gasteiger partial charge in [0.05, 0.1) is 4.90 Å². The van der Waals surface area contributed by atoms with Gasteiger partial charge in [-0.15, -0.1) is 0 Å². The van der Waals surface area contributed by atoms with Gasteiger partial charge in [0.25, 0.3) is 0 Å². The molecule has 0 aliphatic carbocycles. The molecule has 0 aromatic heterocycles. The molecule has 4 rings (SSSR count). The number of carbonyl (C=O) groups excluding carboxylic acids is 1. The first kappa shape index (κ1) is 22.2. The van der Waals surface area contributed by atoms with Crippen LogP contribution in [0.1, 0.15) is 5.56 Å². The number of amides is 2. The normalized spacial score (nSPS) is 16.6. The van der Waals surface area contributed by atoms with E-state index in [2.05, 4.69) is 10.1 Å². The van der Waals surface area contributed by atoms with Crippen LogP contribution in [0, 0.1) is 5.82 Å². The van der Waals surface area contributed by atoms with Gasteiger partial charge in [0.1, 0.15) is 11.6 Å². The lowest BCUT2D eigenvalue weighted by Crippen LogP contribution is -2.41. The Morgan fingerprint density at radius 2 is 1.69 bits per heavy atom. The summed E-state index contributed by atoms with van der Waals surface area (Å²) in [6, 6.07) is 10.4. The first-order chi connectivity index (χ1) is 15.2. The molecule has 11 heteroatoms. The zero-order chi connectivity index (χ0) is 22.9. The number of hydrogen-bond acceptors (Lipinski definition) is 4. The number of urea groups is 1. The Morgan fingerprint density at radius 1 is 1.03 bits per heavy atom. The second kappa shape index (κ2) is 8.83. The lowest BCUT2D eigenvalue weighted by atomic mass is 10.2. The Bertz CT molecular complexity index is 1140. The maximum absolute atomic E-state index is 13.3. The summed E-state index contributed by atoms with van der Waals surface area (Å²) in [5.41, 5.74) is 2.35. The number of ether oxygens (including phenoxy) is 1. The highest BCUT2D eigenvalue weighted by Crippen LogP contribution is 2.30. The molecule has 0 spiro atoms. The number of sulfonamides is 1. The molecule has 0 radical (unpaired) electrons. The number of nitrogens with zero attached hydrogens (tertiary/aromatic N) is 2. The third-order valence-electron chi connectivity index (χ3n) is 5.30. The van der Waals surface area contributed by atoms with Crippen molar-refractivity contribution < 1.29 is 31.1 Å². The highest BCUT2D eigenvalue weighted by atomic mass is 32.2. The van der Waals surface area contributed by atoms with E-state index in [1.54, 1.807) is 17.0 Å². The Labute approximate surface area is 183 Å². The summed E-state index contributed by atoms with van der Waals surface area (Å²) < 4.78 is 69.1. The van der Waals surface area contributed by atoms with Gasteiger partial charge in [0.15, 0.2) is 0 Å². The number of rotatable bonds is 6. The summed E-state index contributed by atoms with van der Waals surface area (Å²) in [6.07, 6.45) is 0. The molecule has 7 nitrogen and oxygen atoms in total. The monoisotopic (exact) mass is 467 g/mol. The van der Waals surface area contributed by atoms with E-state index in [9.17, 15) is 26.4 Å². The van der Waals surface area contributed by atoms with Gasteiger partial charge in [-0.05, 0) is 53.1 Å². The number of alkyl halides is 2. The largest absolute Gasteiger partial charge is 0.435 e. The zero-order valence-electron chi connectivity index (χ0n) is 16.8. The second-order valence-corrected chi connectivity index (χ2v) is 9.41. The van der Waals surface area contributed by atoms with E-state index in [-0.39, 0.29) is 42.1 Å². The standard InChI is InChI=1S/C21H20F3N3O4S/c22-17-3-1-2-14(8-17)9-25-21(28)26-10-15-12-27(13-16(15)11-26)32(29,30)19-6-4-18(5-7-19)31-20(23)24/h1-8,20H,9-13H2,(H,25,28). The smallest absolute Gasteiger partial charge is 0.387 e. The van der Waals surface area contributed by atoms with Crippen LogP contribution in [0.3, 0.4) is 0 Å². The van der Waals surface area contributed by atoms with E-state index in [0.29, 0.717) is 18.7 Å². The van der Waals surface area contributed by atoms with Gasteiger partial charge >= 0.3 is 12.6 Å². The van der Waals surface area contributed by atoms with Gasteiger partial charge in [-0.25, -0.2) is 17.6 Å². The van der Waals surface area contributed by atoms with Crippen molar-refractivity contribution in [3.05, 3.63) is 71.1 Å². The quantitative estimate of drug-likeness (QED) is 0.663. The van der Waals surface area contributed by atoms with E-state index in [4.69, 9.17) is 0 Å². The number of hydrogen-bond donors (Lipinski definition) is 1. The van der Waals surface area contributed by atoms with Gasteiger partial charge in [-0.2, -0.15) is 13.1 Å². The van der Waals surface area contributed by atoms with Crippen LogP contribution in [-0.2, 0) is 16.6 Å². The van der Waals surface area contributed by atoms with Crippen molar-refractivity contribution in [3.8, 4) is 5.75 Å². The minimum Gasteiger partial charge on any atom is -0.435 e. The van der Waals surface area contributed by atoms with Crippen molar-refractivity contribution in [1.82, 2.24) is 14.5 Å². The SMILES string of the molecule is O=C(NCc1cccc(F)c1)N1CC2=C(C1)CN(S(=O)(=O)c1ccc(OC(F)F)cc1)C2. The van der Waals surface area contributed by atoms with E-state index < -0.39 is 16.6 Å². The molecule has 0 atom stereocenters. The third kappa shape index (κ3) is 4.73. The summed E-state index contributed by atoms with van der Waals surface area (Å²) in [5, 5.41) is 2.74. The molecule has 0 unspecified atom stereocenters. The molecule has 0 fully saturated rings. The molecule has 1 N–H and O–H groups in total. The van der Waals surface area contributed by atoms with Gasteiger partial charge in [-0.1, -0.05) is 12.1 Å². The molecule has 0 saturated carbocycles. The first-order valence-electron chi connectivity index (χ1n) is 9.74. The van der Waals surface area contributed by atoms with Crippen molar-refractivity contribution in [3.63, 3.8) is 0 Å². The fourth-order valence-corrected chi connectivity index (χ4v) is 5.17. The molecule has 2 amide bonds. The summed E-state index contributed by atoms with van der Waals surface area (Å²) >= 11 is 0. The number of nitrogens with one attached hydrogen (secondary N) is 1. The van der Waals surface area contributed by atoms with Crippen LogP contribution in [0.2, 0.25) is 0 Å². The minimum absolute atomic E-state index is 0.0232. The Hall–Kier alpha value is -3.05.